The summed E-state index contributed by atoms with van der Waals surface area (Å²) in [6, 6.07) is 1.93. The Morgan fingerprint density at radius 3 is 2.38 bits per heavy atom. The van der Waals surface area contributed by atoms with Crippen molar-refractivity contribution in [2.75, 3.05) is 0 Å². The van der Waals surface area contributed by atoms with Crippen LogP contribution in [-0.4, -0.2) is 11.9 Å². The van der Waals surface area contributed by atoms with E-state index in [1.165, 1.54) is 0 Å². The molecule has 2 unspecified atom stereocenters. The van der Waals surface area contributed by atoms with E-state index in [4.69, 9.17) is 5.73 Å². The first-order valence-electron chi connectivity index (χ1n) is 6.02. The number of hydrogen-bond donors (Lipinski definition) is 2. The minimum absolute atomic E-state index is 0. The van der Waals surface area contributed by atoms with Crippen molar-refractivity contribution in [1.29, 1.82) is 0 Å². The van der Waals surface area contributed by atoms with Crippen LogP contribution in [0.3, 0.4) is 0 Å². The van der Waals surface area contributed by atoms with Gasteiger partial charge in [0.15, 0.2) is 0 Å². The predicted molar refractivity (Wildman–Crippen MR) is 73.3 cm³/mol. The zero-order chi connectivity index (χ0) is 15.5. The molecule has 0 saturated carbocycles. The summed E-state index contributed by atoms with van der Waals surface area (Å²) in [6.07, 6.45) is -4.67. The van der Waals surface area contributed by atoms with Crippen LogP contribution in [-0.2, 0) is 17.5 Å². The topological polar surface area (TPSA) is 55.1 Å². The van der Waals surface area contributed by atoms with Gasteiger partial charge in [-0.3, -0.25) is 4.79 Å². The van der Waals surface area contributed by atoms with E-state index in [9.17, 15) is 22.4 Å². The summed E-state index contributed by atoms with van der Waals surface area (Å²) >= 11 is 0. The first kappa shape index (κ1) is 19.7. The molecular weight excluding hydrogens is 312 g/mol. The van der Waals surface area contributed by atoms with E-state index in [0.29, 0.717) is 6.07 Å². The zero-order valence-corrected chi connectivity index (χ0v) is 12.3. The van der Waals surface area contributed by atoms with E-state index in [1.807, 2.05) is 0 Å². The summed E-state index contributed by atoms with van der Waals surface area (Å²) in [5, 5.41) is 2.37. The van der Waals surface area contributed by atoms with E-state index in [1.54, 1.807) is 13.8 Å². The number of alkyl halides is 3. The fourth-order valence-corrected chi connectivity index (χ4v) is 1.55. The highest BCUT2D eigenvalue weighted by atomic mass is 35.5. The Morgan fingerprint density at radius 1 is 1.33 bits per heavy atom. The van der Waals surface area contributed by atoms with Crippen LogP contribution in [0.15, 0.2) is 18.2 Å². The minimum atomic E-state index is -4.67. The molecule has 0 aliphatic heterocycles. The Morgan fingerprint density at radius 2 is 1.90 bits per heavy atom. The van der Waals surface area contributed by atoms with E-state index < -0.39 is 35.4 Å². The second-order valence-corrected chi connectivity index (χ2v) is 4.66. The Balaban J connectivity index is 0.00000400. The smallest absolute Gasteiger partial charge is 0.352 e. The molecule has 1 rings (SSSR count). The number of hydrogen-bond acceptors (Lipinski definition) is 2. The maximum absolute atomic E-state index is 12.9. The number of nitrogens with one attached hydrogen (secondary N) is 1. The largest absolute Gasteiger partial charge is 0.416 e. The first-order chi connectivity index (χ1) is 9.12. The molecule has 0 saturated heterocycles. The van der Waals surface area contributed by atoms with Crippen LogP contribution in [0.25, 0.3) is 0 Å². The second kappa shape index (κ2) is 7.61. The molecule has 21 heavy (non-hydrogen) atoms. The Labute approximate surface area is 126 Å². The molecular formula is C13H17ClF4N2O. The summed E-state index contributed by atoms with van der Waals surface area (Å²) < 4.78 is 51.1. The molecule has 2 atom stereocenters. The van der Waals surface area contributed by atoms with Gasteiger partial charge in [-0.2, -0.15) is 13.2 Å². The second-order valence-electron chi connectivity index (χ2n) is 4.66. The predicted octanol–water partition coefficient (Wildman–Crippen LogP) is 2.87. The van der Waals surface area contributed by atoms with Crippen molar-refractivity contribution in [3.8, 4) is 0 Å². The third kappa shape index (κ3) is 5.51. The lowest BCUT2D eigenvalue weighted by atomic mass is 10.0. The van der Waals surface area contributed by atoms with E-state index in [2.05, 4.69) is 5.32 Å². The zero-order valence-electron chi connectivity index (χ0n) is 11.5. The van der Waals surface area contributed by atoms with E-state index in [-0.39, 0.29) is 24.5 Å². The van der Waals surface area contributed by atoms with Crippen molar-refractivity contribution in [3.05, 3.63) is 35.1 Å². The van der Waals surface area contributed by atoms with Crippen molar-refractivity contribution in [2.45, 2.75) is 32.6 Å². The lowest BCUT2D eigenvalue weighted by molar-refractivity contribution is -0.138. The Bertz CT molecular complexity index is 492. The van der Waals surface area contributed by atoms with E-state index in [0.717, 1.165) is 12.1 Å². The molecule has 120 valence electrons. The molecule has 1 amide bonds. The number of halogens is 5. The van der Waals surface area contributed by atoms with Crippen LogP contribution >= 0.6 is 12.4 Å². The monoisotopic (exact) mass is 328 g/mol. The van der Waals surface area contributed by atoms with Gasteiger partial charge in [0.1, 0.15) is 5.82 Å². The van der Waals surface area contributed by atoms with Crippen LogP contribution in [0.5, 0.6) is 0 Å². The number of benzene rings is 1. The molecule has 0 fully saturated rings. The Hall–Kier alpha value is -1.34. The molecule has 0 radical (unpaired) electrons. The molecule has 3 nitrogen and oxygen atoms in total. The summed E-state index contributed by atoms with van der Waals surface area (Å²) in [7, 11) is 0. The lowest BCUT2D eigenvalue weighted by Gasteiger charge is -2.17. The molecule has 0 heterocycles. The summed E-state index contributed by atoms with van der Waals surface area (Å²) in [6.45, 7) is 2.88. The number of rotatable bonds is 4. The van der Waals surface area contributed by atoms with Crippen LogP contribution in [0.1, 0.15) is 25.0 Å². The maximum Gasteiger partial charge on any atom is 0.416 e. The van der Waals surface area contributed by atoms with Gasteiger partial charge in [0.2, 0.25) is 5.91 Å². The molecule has 0 aliphatic rings. The van der Waals surface area contributed by atoms with Gasteiger partial charge in [0, 0.05) is 18.5 Å². The van der Waals surface area contributed by atoms with Crippen LogP contribution in [0.4, 0.5) is 17.6 Å². The number of nitrogens with two attached hydrogens (primary N) is 1. The van der Waals surface area contributed by atoms with Gasteiger partial charge in [0.25, 0.3) is 0 Å². The number of carbonyl (C=O) groups is 1. The van der Waals surface area contributed by atoms with Gasteiger partial charge >= 0.3 is 6.18 Å². The maximum atomic E-state index is 12.9. The highest BCUT2D eigenvalue weighted by Crippen LogP contribution is 2.32. The van der Waals surface area contributed by atoms with Crippen LogP contribution in [0.2, 0.25) is 0 Å². The van der Waals surface area contributed by atoms with Crippen molar-refractivity contribution < 1.29 is 22.4 Å². The normalized spacial score (nSPS) is 14.0. The van der Waals surface area contributed by atoms with E-state index >= 15 is 0 Å². The fraction of sp³-hybridized carbons (Fsp3) is 0.462. The highest BCUT2D eigenvalue weighted by molar-refractivity contribution is 5.85. The van der Waals surface area contributed by atoms with Gasteiger partial charge in [-0.25, -0.2) is 4.39 Å². The molecule has 0 aromatic heterocycles. The van der Waals surface area contributed by atoms with Gasteiger partial charge in [-0.05, 0) is 24.6 Å². The van der Waals surface area contributed by atoms with Gasteiger partial charge in [0.05, 0.1) is 5.56 Å². The summed E-state index contributed by atoms with van der Waals surface area (Å²) in [5.41, 5.74) is 4.25. The molecule has 0 spiro atoms. The number of carbonyl (C=O) groups excluding carboxylic acids is 1. The van der Waals surface area contributed by atoms with Crippen LogP contribution < -0.4 is 11.1 Å². The standard InChI is InChI=1S/C13H16F4N2O.ClH/c1-7(8(2)18)12(20)19-6-9-3-4-10(14)5-11(9)13(15,16)17;/h3-5,7-8H,6,18H2,1-2H3,(H,19,20);1H. The van der Waals surface area contributed by atoms with Crippen molar-refractivity contribution in [1.82, 2.24) is 5.32 Å². The molecule has 3 N–H and O–H groups in total. The lowest BCUT2D eigenvalue weighted by Crippen LogP contribution is -2.38. The van der Waals surface area contributed by atoms with Crippen molar-refractivity contribution in [2.24, 2.45) is 11.7 Å². The molecule has 0 aliphatic carbocycles. The SMILES string of the molecule is CC(N)C(C)C(=O)NCc1ccc(F)cc1C(F)(F)F.Cl. The van der Waals surface area contributed by atoms with Crippen molar-refractivity contribution >= 4 is 18.3 Å². The number of amides is 1. The fourth-order valence-electron chi connectivity index (χ4n) is 1.55. The molecule has 8 heteroatoms. The average Bonchev–Trinajstić information content (AvgIpc) is 2.34. The average molecular weight is 329 g/mol. The molecule has 1 aromatic carbocycles. The third-order valence-corrected chi connectivity index (χ3v) is 3.03. The van der Waals surface area contributed by atoms with Gasteiger partial charge < -0.3 is 11.1 Å². The van der Waals surface area contributed by atoms with Gasteiger partial charge in [-0.15, -0.1) is 12.4 Å². The van der Waals surface area contributed by atoms with Gasteiger partial charge in [-0.1, -0.05) is 13.0 Å². The third-order valence-electron chi connectivity index (χ3n) is 3.03. The van der Waals surface area contributed by atoms with Crippen molar-refractivity contribution in [3.63, 3.8) is 0 Å². The first-order valence-corrected chi connectivity index (χ1v) is 6.02. The quantitative estimate of drug-likeness (QED) is 0.835. The summed E-state index contributed by atoms with van der Waals surface area (Å²) in [4.78, 5) is 11.6. The molecule has 1 aromatic rings. The molecule has 0 bridgehead atoms. The summed E-state index contributed by atoms with van der Waals surface area (Å²) in [5.74, 6) is -1.95. The Kier molecular flexibility index (Phi) is 7.12. The highest BCUT2D eigenvalue weighted by Gasteiger charge is 2.33. The van der Waals surface area contributed by atoms with Crippen LogP contribution in [0, 0.1) is 11.7 Å². The minimum Gasteiger partial charge on any atom is -0.352 e.